The SMILES string of the molecule is c1ccc(Nc2cnc3[nH+]c[nH]c3c2)cc1. The van der Waals surface area contributed by atoms with Gasteiger partial charge in [0.2, 0.25) is 0 Å². The minimum atomic E-state index is 0.860. The number of para-hydroxylation sites is 1. The summed E-state index contributed by atoms with van der Waals surface area (Å²) >= 11 is 0. The minimum Gasteiger partial charge on any atom is -0.353 e. The van der Waals surface area contributed by atoms with E-state index in [2.05, 4.69) is 20.3 Å². The maximum absolute atomic E-state index is 4.29. The van der Waals surface area contributed by atoms with Gasteiger partial charge in [-0.25, -0.2) is 4.98 Å². The van der Waals surface area contributed by atoms with E-state index in [1.165, 1.54) is 0 Å². The zero-order valence-corrected chi connectivity index (χ0v) is 8.57. The van der Waals surface area contributed by atoms with Crippen LogP contribution in [0.1, 0.15) is 0 Å². The molecule has 4 heteroatoms. The van der Waals surface area contributed by atoms with Gasteiger partial charge in [0, 0.05) is 11.8 Å². The van der Waals surface area contributed by atoms with E-state index in [1.807, 2.05) is 36.4 Å². The maximum atomic E-state index is 4.29. The molecule has 0 saturated carbocycles. The average molecular weight is 211 g/mol. The molecule has 2 heterocycles. The highest BCUT2D eigenvalue weighted by atomic mass is 15.0. The predicted octanol–water partition coefficient (Wildman–Crippen LogP) is 2.12. The lowest BCUT2D eigenvalue weighted by molar-refractivity contribution is -0.347. The number of pyridine rings is 1. The summed E-state index contributed by atoms with van der Waals surface area (Å²) in [5.41, 5.74) is 3.87. The molecule has 0 aliphatic heterocycles. The van der Waals surface area contributed by atoms with Crippen molar-refractivity contribution in [2.75, 3.05) is 5.32 Å². The lowest BCUT2D eigenvalue weighted by atomic mass is 10.3. The Kier molecular flexibility index (Phi) is 2.04. The van der Waals surface area contributed by atoms with Gasteiger partial charge in [0.25, 0.3) is 5.65 Å². The summed E-state index contributed by atoms with van der Waals surface area (Å²) in [6.45, 7) is 0. The van der Waals surface area contributed by atoms with Crippen LogP contribution in [0.25, 0.3) is 11.2 Å². The molecule has 16 heavy (non-hydrogen) atoms. The molecule has 4 nitrogen and oxygen atoms in total. The van der Waals surface area contributed by atoms with Gasteiger partial charge < -0.3 is 5.32 Å². The van der Waals surface area contributed by atoms with Crippen LogP contribution in [0.3, 0.4) is 0 Å². The van der Waals surface area contributed by atoms with Crippen molar-refractivity contribution >= 4 is 22.5 Å². The molecule has 2 aromatic heterocycles. The summed E-state index contributed by atoms with van der Waals surface area (Å²) in [6.07, 6.45) is 3.57. The number of hydrogen-bond acceptors (Lipinski definition) is 2. The molecule has 0 atom stereocenters. The molecule has 0 saturated heterocycles. The number of fused-ring (bicyclic) bond motifs is 1. The van der Waals surface area contributed by atoms with Crippen molar-refractivity contribution in [2.45, 2.75) is 0 Å². The number of imidazole rings is 1. The van der Waals surface area contributed by atoms with E-state index in [0.717, 1.165) is 22.5 Å². The third kappa shape index (κ3) is 1.61. The van der Waals surface area contributed by atoms with E-state index in [-0.39, 0.29) is 0 Å². The number of H-pyrrole nitrogens is 2. The fraction of sp³-hybridized carbons (Fsp3) is 0. The van der Waals surface area contributed by atoms with Crippen LogP contribution in [0, 0.1) is 0 Å². The second-order valence-corrected chi connectivity index (χ2v) is 3.54. The Balaban J connectivity index is 1.94. The number of anilines is 2. The molecule has 0 fully saturated rings. The molecule has 0 unspecified atom stereocenters. The van der Waals surface area contributed by atoms with E-state index in [0.29, 0.717) is 0 Å². The number of nitrogens with zero attached hydrogens (tertiary/aromatic N) is 1. The Morgan fingerprint density at radius 2 is 2.00 bits per heavy atom. The Labute approximate surface area is 92.4 Å². The lowest BCUT2D eigenvalue weighted by Gasteiger charge is -2.03. The maximum Gasteiger partial charge on any atom is 0.299 e. The largest absolute Gasteiger partial charge is 0.353 e. The molecule has 0 aliphatic rings. The van der Waals surface area contributed by atoms with E-state index in [9.17, 15) is 0 Å². The van der Waals surface area contributed by atoms with Crippen molar-refractivity contribution in [1.29, 1.82) is 0 Å². The fourth-order valence-corrected chi connectivity index (χ4v) is 1.63. The molecular weight excluding hydrogens is 200 g/mol. The molecule has 0 bridgehead atoms. The third-order valence-corrected chi connectivity index (χ3v) is 2.39. The Bertz CT molecular complexity index is 600. The summed E-state index contributed by atoms with van der Waals surface area (Å²) in [6, 6.07) is 12.0. The highest BCUT2D eigenvalue weighted by molar-refractivity contribution is 5.73. The standard InChI is InChI=1S/C12H10N4/c1-2-4-9(5-3-1)16-10-6-11-12(13-7-10)15-8-14-11/h1-8,16H,(H,13,14,15)/p+1. The minimum absolute atomic E-state index is 0.860. The highest BCUT2D eigenvalue weighted by Gasteiger charge is 2.05. The molecule has 3 N–H and O–H groups in total. The Morgan fingerprint density at radius 3 is 2.88 bits per heavy atom. The monoisotopic (exact) mass is 211 g/mol. The quantitative estimate of drug-likeness (QED) is 0.682. The molecule has 0 aliphatic carbocycles. The van der Waals surface area contributed by atoms with Crippen LogP contribution >= 0.6 is 0 Å². The van der Waals surface area contributed by atoms with E-state index in [4.69, 9.17) is 0 Å². The fourth-order valence-electron chi connectivity index (χ4n) is 1.63. The van der Waals surface area contributed by atoms with Gasteiger partial charge in [0.1, 0.15) is 6.20 Å². The van der Waals surface area contributed by atoms with Crippen molar-refractivity contribution in [3.63, 3.8) is 0 Å². The molecule has 3 rings (SSSR count). The van der Waals surface area contributed by atoms with E-state index >= 15 is 0 Å². The zero-order chi connectivity index (χ0) is 10.8. The van der Waals surface area contributed by atoms with Crippen molar-refractivity contribution < 1.29 is 4.98 Å². The first kappa shape index (κ1) is 8.91. The molecule has 3 aromatic rings. The molecule has 78 valence electrons. The third-order valence-electron chi connectivity index (χ3n) is 2.39. The number of rotatable bonds is 2. The van der Waals surface area contributed by atoms with Crippen LogP contribution in [0.5, 0.6) is 0 Å². The Morgan fingerprint density at radius 1 is 1.12 bits per heavy atom. The first-order chi connectivity index (χ1) is 7.92. The first-order valence-corrected chi connectivity index (χ1v) is 5.09. The van der Waals surface area contributed by atoms with Gasteiger partial charge in [0.15, 0.2) is 11.8 Å². The van der Waals surface area contributed by atoms with Crippen LogP contribution in [-0.4, -0.2) is 9.97 Å². The van der Waals surface area contributed by atoms with Gasteiger partial charge in [-0.15, -0.1) is 4.98 Å². The van der Waals surface area contributed by atoms with Crippen molar-refractivity contribution in [1.82, 2.24) is 9.97 Å². The van der Waals surface area contributed by atoms with Crippen molar-refractivity contribution in [2.24, 2.45) is 0 Å². The van der Waals surface area contributed by atoms with Crippen molar-refractivity contribution in [3.05, 3.63) is 48.9 Å². The summed E-state index contributed by atoms with van der Waals surface area (Å²) in [4.78, 5) is 10.4. The summed E-state index contributed by atoms with van der Waals surface area (Å²) in [5, 5.41) is 3.29. The predicted molar refractivity (Wildman–Crippen MR) is 62.4 cm³/mol. The molecule has 0 amide bonds. The second-order valence-electron chi connectivity index (χ2n) is 3.54. The van der Waals surface area contributed by atoms with Gasteiger partial charge in [-0.1, -0.05) is 18.2 Å². The van der Waals surface area contributed by atoms with Gasteiger partial charge in [-0.3, -0.25) is 4.98 Å². The van der Waals surface area contributed by atoms with Crippen LogP contribution in [0.2, 0.25) is 0 Å². The number of aromatic nitrogens is 3. The summed E-state index contributed by atoms with van der Waals surface area (Å²) < 4.78 is 0. The number of hydrogen-bond donors (Lipinski definition) is 2. The van der Waals surface area contributed by atoms with Gasteiger partial charge in [-0.05, 0) is 12.1 Å². The molecule has 0 spiro atoms. The highest BCUT2D eigenvalue weighted by Crippen LogP contribution is 2.17. The number of benzene rings is 1. The van der Waals surface area contributed by atoms with Gasteiger partial charge >= 0.3 is 0 Å². The zero-order valence-electron chi connectivity index (χ0n) is 8.57. The summed E-state index contributed by atoms with van der Waals surface area (Å²) in [7, 11) is 0. The first-order valence-electron chi connectivity index (χ1n) is 5.09. The second kappa shape index (κ2) is 3.66. The average Bonchev–Trinajstić information content (AvgIpc) is 2.77. The molecule has 1 aromatic carbocycles. The number of nitrogens with one attached hydrogen (secondary N) is 3. The lowest BCUT2D eigenvalue weighted by Crippen LogP contribution is -1.97. The van der Waals surface area contributed by atoms with Gasteiger partial charge in [0.05, 0.1) is 5.69 Å². The summed E-state index contributed by atoms with van der Waals surface area (Å²) in [5.74, 6) is 0. The smallest absolute Gasteiger partial charge is 0.299 e. The van der Waals surface area contributed by atoms with E-state index < -0.39 is 0 Å². The normalized spacial score (nSPS) is 10.5. The van der Waals surface area contributed by atoms with E-state index in [1.54, 1.807) is 12.5 Å². The van der Waals surface area contributed by atoms with Crippen molar-refractivity contribution in [3.8, 4) is 0 Å². The topological polar surface area (TPSA) is 54.9 Å². The van der Waals surface area contributed by atoms with Gasteiger partial charge in [-0.2, -0.15) is 0 Å². The molecular formula is C12H11N4+. The number of aromatic amines is 2. The van der Waals surface area contributed by atoms with Crippen LogP contribution < -0.4 is 10.3 Å². The Hall–Kier alpha value is -2.36. The molecule has 0 radical (unpaired) electrons. The van der Waals surface area contributed by atoms with Crippen LogP contribution in [0.4, 0.5) is 11.4 Å². The van der Waals surface area contributed by atoms with Crippen LogP contribution in [0.15, 0.2) is 48.9 Å². The van der Waals surface area contributed by atoms with Crippen LogP contribution in [-0.2, 0) is 0 Å².